The molecule has 1 aliphatic carbocycles. The van der Waals surface area contributed by atoms with Crippen molar-refractivity contribution in [1.29, 1.82) is 5.26 Å². The molecule has 1 fully saturated rings. The van der Waals surface area contributed by atoms with Crippen LogP contribution in [0.25, 0.3) is 11.3 Å². The maximum Gasteiger partial charge on any atom is 0.270 e. The molecule has 136 valence electrons. The third kappa shape index (κ3) is 4.14. The highest BCUT2D eigenvalue weighted by Crippen LogP contribution is 2.25. The molecule has 26 heavy (non-hydrogen) atoms. The van der Waals surface area contributed by atoms with Crippen molar-refractivity contribution in [1.82, 2.24) is 9.97 Å². The number of hydrogen-bond donors (Lipinski definition) is 1. The first kappa shape index (κ1) is 18.6. The molecule has 2 aromatic rings. The number of halogens is 1. The van der Waals surface area contributed by atoms with Gasteiger partial charge in [0.25, 0.3) is 5.56 Å². The molecule has 1 heterocycles. The SMILES string of the molecule is CSc1nc(-c2ccc(COC3CCCCC3)c(F)c2)c(C#N)c(=O)[nH]1. The summed E-state index contributed by atoms with van der Waals surface area (Å²) in [5.74, 6) is -0.421. The van der Waals surface area contributed by atoms with Crippen LogP contribution in [0.5, 0.6) is 0 Å². The molecular formula is C19H20FN3O2S. The summed E-state index contributed by atoms with van der Waals surface area (Å²) in [6.45, 7) is 0.223. The van der Waals surface area contributed by atoms with Crippen LogP contribution in [0.3, 0.4) is 0 Å². The molecule has 1 aromatic carbocycles. The molecule has 0 amide bonds. The van der Waals surface area contributed by atoms with Crippen molar-refractivity contribution in [3.05, 3.63) is 45.5 Å². The van der Waals surface area contributed by atoms with Gasteiger partial charge < -0.3 is 9.72 Å². The summed E-state index contributed by atoms with van der Waals surface area (Å²) < 4.78 is 20.4. The Morgan fingerprint density at radius 1 is 1.38 bits per heavy atom. The fraction of sp³-hybridized carbons (Fsp3) is 0.421. The van der Waals surface area contributed by atoms with Gasteiger partial charge in [-0.2, -0.15) is 5.26 Å². The highest BCUT2D eigenvalue weighted by Gasteiger charge is 2.17. The molecule has 0 unspecified atom stereocenters. The van der Waals surface area contributed by atoms with Crippen LogP contribution in [0.1, 0.15) is 43.2 Å². The van der Waals surface area contributed by atoms with E-state index in [2.05, 4.69) is 9.97 Å². The van der Waals surface area contributed by atoms with E-state index in [9.17, 15) is 14.4 Å². The largest absolute Gasteiger partial charge is 0.373 e. The average molecular weight is 373 g/mol. The number of nitrogens with one attached hydrogen (secondary N) is 1. The molecule has 3 rings (SSSR count). The van der Waals surface area contributed by atoms with Crippen LogP contribution >= 0.6 is 11.8 Å². The third-order valence-electron chi connectivity index (χ3n) is 4.56. The maximum atomic E-state index is 14.5. The molecular weight excluding hydrogens is 353 g/mol. The third-order valence-corrected chi connectivity index (χ3v) is 5.14. The smallest absolute Gasteiger partial charge is 0.270 e. The van der Waals surface area contributed by atoms with Crippen LogP contribution in [0.15, 0.2) is 28.2 Å². The van der Waals surface area contributed by atoms with Gasteiger partial charge in [-0.05, 0) is 25.2 Å². The Balaban J connectivity index is 1.84. The second-order valence-electron chi connectivity index (χ2n) is 6.29. The molecule has 0 saturated heterocycles. The number of ether oxygens (including phenoxy) is 1. The van der Waals surface area contributed by atoms with Gasteiger partial charge in [-0.3, -0.25) is 4.79 Å². The van der Waals surface area contributed by atoms with Gasteiger partial charge in [-0.25, -0.2) is 9.37 Å². The monoisotopic (exact) mass is 373 g/mol. The Bertz CT molecular complexity index is 885. The number of benzene rings is 1. The molecule has 7 heteroatoms. The second-order valence-corrected chi connectivity index (χ2v) is 7.08. The lowest BCUT2D eigenvalue weighted by atomic mass is 9.98. The predicted molar refractivity (Wildman–Crippen MR) is 98.4 cm³/mol. The number of nitriles is 1. The molecule has 1 N–H and O–H groups in total. The summed E-state index contributed by atoms with van der Waals surface area (Å²) in [5, 5.41) is 9.63. The van der Waals surface area contributed by atoms with Crippen molar-refractivity contribution >= 4 is 11.8 Å². The van der Waals surface area contributed by atoms with Crippen molar-refractivity contribution in [2.45, 2.75) is 50.0 Å². The number of nitrogens with zero attached hydrogens (tertiary/aromatic N) is 2. The molecule has 1 aromatic heterocycles. The van der Waals surface area contributed by atoms with Crippen molar-refractivity contribution in [2.24, 2.45) is 0 Å². The van der Waals surface area contributed by atoms with Crippen LogP contribution in [0, 0.1) is 17.1 Å². The standard InChI is InChI=1S/C19H20FN3O2S/c1-26-19-22-17(15(10-21)18(24)23-19)12-7-8-13(16(20)9-12)11-25-14-5-3-2-4-6-14/h7-9,14H,2-6,11H2,1H3,(H,22,23,24). The maximum absolute atomic E-state index is 14.5. The van der Waals surface area contributed by atoms with Gasteiger partial charge in [0, 0.05) is 11.1 Å². The van der Waals surface area contributed by atoms with E-state index < -0.39 is 11.4 Å². The lowest BCUT2D eigenvalue weighted by Gasteiger charge is -2.22. The molecule has 0 aliphatic heterocycles. The molecule has 0 atom stereocenters. The van der Waals surface area contributed by atoms with E-state index in [0.717, 1.165) is 25.7 Å². The Morgan fingerprint density at radius 3 is 2.81 bits per heavy atom. The molecule has 1 aliphatic rings. The zero-order valence-corrected chi connectivity index (χ0v) is 15.4. The number of H-pyrrole nitrogens is 1. The van der Waals surface area contributed by atoms with Crippen molar-refractivity contribution in [3.63, 3.8) is 0 Å². The van der Waals surface area contributed by atoms with Gasteiger partial charge in [0.15, 0.2) is 5.16 Å². The van der Waals surface area contributed by atoms with Crippen LogP contribution in [0.4, 0.5) is 4.39 Å². The number of aromatic amines is 1. The van der Waals surface area contributed by atoms with Gasteiger partial charge in [0.1, 0.15) is 17.4 Å². The summed E-state index contributed by atoms with van der Waals surface area (Å²) in [6, 6.07) is 6.48. The number of thioether (sulfide) groups is 1. The van der Waals surface area contributed by atoms with Gasteiger partial charge in [0.2, 0.25) is 0 Å². The summed E-state index contributed by atoms with van der Waals surface area (Å²) in [4.78, 5) is 18.8. The number of hydrogen-bond acceptors (Lipinski definition) is 5. The van der Waals surface area contributed by atoms with E-state index >= 15 is 0 Å². The first-order chi connectivity index (χ1) is 12.6. The van der Waals surface area contributed by atoms with Crippen LogP contribution in [-0.4, -0.2) is 22.3 Å². The van der Waals surface area contributed by atoms with E-state index in [-0.39, 0.29) is 24.0 Å². The van der Waals surface area contributed by atoms with Crippen LogP contribution in [-0.2, 0) is 11.3 Å². The van der Waals surface area contributed by atoms with E-state index in [1.807, 2.05) is 6.07 Å². The summed E-state index contributed by atoms with van der Waals surface area (Å²) >= 11 is 1.25. The van der Waals surface area contributed by atoms with Crippen LogP contribution < -0.4 is 5.56 Å². The Morgan fingerprint density at radius 2 is 2.15 bits per heavy atom. The first-order valence-corrected chi connectivity index (χ1v) is 9.83. The van der Waals surface area contributed by atoms with Crippen LogP contribution in [0.2, 0.25) is 0 Å². The predicted octanol–water partition coefficient (Wildman–Crippen LogP) is 4.02. The Hall–Kier alpha value is -2.17. The highest BCUT2D eigenvalue weighted by atomic mass is 32.2. The topological polar surface area (TPSA) is 78.8 Å². The van der Waals surface area contributed by atoms with Gasteiger partial charge in [-0.1, -0.05) is 43.2 Å². The Labute approximate surface area is 155 Å². The van der Waals surface area contributed by atoms with E-state index in [1.165, 1.54) is 24.2 Å². The van der Waals surface area contributed by atoms with Crippen molar-refractivity contribution in [3.8, 4) is 17.3 Å². The Kier molecular flexibility index (Phi) is 6.07. The minimum Gasteiger partial charge on any atom is -0.373 e. The van der Waals surface area contributed by atoms with E-state index in [4.69, 9.17) is 4.74 Å². The minimum absolute atomic E-state index is 0.117. The number of rotatable bonds is 5. The minimum atomic E-state index is -0.521. The van der Waals surface area contributed by atoms with Crippen molar-refractivity contribution < 1.29 is 9.13 Å². The normalized spacial score (nSPS) is 15.0. The lowest BCUT2D eigenvalue weighted by molar-refractivity contribution is 0.0156. The summed E-state index contributed by atoms with van der Waals surface area (Å²) in [5.41, 5.74) is 0.425. The number of aromatic nitrogens is 2. The molecule has 1 saturated carbocycles. The fourth-order valence-electron chi connectivity index (χ4n) is 3.11. The van der Waals surface area contributed by atoms with Gasteiger partial charge in [-0.15, -0.1) is 0 Å². The summed E-state index contributed by atoms with van der Waals surface area (Å²) in [6.07, 6.45) is 7.58. The molecule has 0 bridgehead atoms. The lowest BCUT2D eigenvalue weighted by Crippen LogP contribution is -2.16. The second kappa shape index (κ2) is 8.47. The fourth-order valence-corrected chi connectivity index (χ4v) is 3.49. The zero-order valence-electron chi connectivity index (χ0n) is 14.5. The zero-order chi connectivity index (χ0) is 18.5. The van der Waals surface area contributed by atoms with E-state index in [1.54, 1.807) is 18.4 Å². The molecule has 0 radical (unpaired) electrons. The average Bonchev–Trinajstić information content (AvgIpc) is 2.67. The van der Waals surface area contributed by atoms with Crippen molar-refractivity contribution in [2.75, 3.05) is 6.26 Å². The highest BCUT2D eigenvalue weighted by molar-refractivity contribution is 7.98. The first-order valence-electron chi connectivity index (χ1n) is 8.61. The quantitative estimate of drug-likeness (QED) is 0.633. The summed E-state index contributed by atoms with van der Waals surface area (Å²) in [7, 11) is 0. The van der Waals surface area contributed by atoms with Gasteiger partial charge >= 0.3 is 0 Å². The molecule has 0 spiro atoms. The van der Waals surface area contributed by atoms with E-state index in [0.29, 0.717) is 16.3 Å². The molecule has 5 nitrogen and oxygen atoms in total. The van der Waals surface area contributed by atoms with Gasteiger partial charge in [0.05, 0.1) is 18.4 Å².